The molecule has 20 heavy (non-hydrogen) atoms. The van der Waals surface area contributed by atoms with Crippen molar-refractivity contribution in [2.75, 3.05) is 25.0 Å². The molecule has 0 saturated carbocycles. The van der Waals surface area contributed by atoms with E-state index < -0.39 is 0 Å². The van der Waals surface area contributed by atoms with Gasteiger partial charge in [0.15, 0.2) is 0 Å². The zero-order valence-corrected chi connectivity index (χ0v) is 12.0. The molecule has 3 heteroatoms. The normalized spacial score (nSPS) is 10.4. The largest absolute Gasteiger partial charge is 0.364 e. The molecule has 0 bridgehead atoms. The molecule has 0 radical (unpaired) electrons. The number of para-hydroxylation sites is 1. The van der Waals surface area contributed by atoms with Gasteiger partial charge < -0.3 is 10.2 Å². The number of hydrogen-bond donors (Lipinski definition) is 1. The average molecular weight is 267 g/mol. The van der Waals surface area contributed by atoms with Crippen LogP contribution in [-0.2, 0) is 6.54 Å². The fourth-order valence-electron chi connectivity index (χ4n) is 2.33. The van der Waals surface area contributed by atoms with Gasteiger partial charge in [0.2, 0.25) is 0 Å². The van der Waals surface area contributed by atoms with Gasteiger partial charge in [0, 0.05) is 30.7 Å². The minimum atomic E-state index is 0.758. The Morgan fingerprint density at radius 2 is 1.90 bits per heavy atom. The lowest BCUT2D eigenvalue weighted by Gasteiger charge is -2.24. The van der Waals surface area contributed by atoms with Crippen molar-refractivity contribution in [3.63, 3.8) is 0 Å². The van der Waals surface area contributed by atoms with Crippen LogP contribution in [0.4, 0.5) is 5.69 Å². The van der Waals surface area contributed by atoms with Gasteiger partial charge in [0.1, 0.15) is 0 Å². The molecule has 0 amide bonds. The van der Waals surface area contributed by atoms with Crippen LogP contribution in [0.1, 0.15) is 5.69 Å². The number of fused-ring (bicyclic) bond motifs is 1. The van der Waals surface area contributed by atoms with Crippen LogP contribution in [0.2, 0.25) is 0 Å². The van der Waals surface area contributed by atoms with Gasteiger partial charge in [0.05, 0.1) is 11.2 Å². The average Bonchev–Trinajstić information content (AvgIpc) is 2.46. The molecular formula is C17H21N3. The van der Waals surface area contributed by atoms with Crippen molar-refractivity contribution in [3.8, 4) is 0 Å². The molecule has 0 aliphatic heterocycles. The second-order valence-electron chi connectivity index (χ2n) is 4.66. The molecule has 1 heterocycles. The molecule has 0 atom stereocenters. The van der Waals surface area contributed by atoms with Gasteiger partial charge in [-0.3, -0.25) is 4.98 Å². The lowest BCUT2D eigenvalue weighted by atomic mass is 10.1. The quantitative estimate of drug-likeness (QED) is 0.781. The zero-order valence-electron chi connectivity index (χ0n) is 12.0. The summed E-state index contributed by atoms with van der Waals surface area (Å²) in [4.78, 5) is 6.94. The molecule has 0 aliphatic rings. The second kappa shape index (κ2) is 6.87. The third kappa shape index (κ3) is 3.06. The Hall–Kier alpha value is -2.13. The highest BCUT2D eigenvalue weighted by atomic mass is 15.1. The fourth-order valence-corrected chi connectivity index (χ4v) is 2.33. The Morgan fingerprint density at radius 3 is 2.55 bits per heavy atom. The maximum Gasteiger partial charge on any atom is 0.0726 e. The summed E-state index contributed by atoms with van der Waals surface area (Å²) in [7, 11) is 1.93. The number of aromatic nitrogens is 1. The summed E-state index contributed by atoms with van der Waals surface area (Å²) >= 11 is 0. The molecule has 2 rings (SSSR count). The van der Waals surface area contributed by atoms with Gasteiger partial charge in [-0.25, -0.2) is 0 Å². The molecule has 104 valence electrons. The van der Waals surface area contributed by atoms with E-state index in [-0.39, 0.29) is 0 Å². The molecule has 0 fully saturated rings. The molecule has 3 nitrogen and oxygen atoms in total. The van der Waals surface area contributed by atoms with Crippen LogP contribution in [0, 0.1) is 0 Å². The van der Waals surface area contributed by atoms with Gasteiger partial charge in [-0.15, -0.1) is 13.2 Å². The van der Waals surface area contributed by atoms with Gasteiger partial charge in [-0.05, 0) is 19.2 Å². The number of nitrogens with one attached hydrogen (secondary N) is 1. The number of rotatable bonds is 7. The highest BCUT2D eigenvalue weighted by Gasteiger charge is 2.10. The van der Waals surface area contributed by atoms with Crippen LogP contribution in [0.3, 0.4) is 0 Å². The number of nitrogens with zero attached hydrogens (tertiary/aromatic N) is 2. The Labute approximate surface area is 120 Å². The molecule has 1 aromatic carbocycles. The first-order chi connectivity index (χ1) is 9.80. The molecule has 0 aliphatic carbocycles. The first kappa shape index (κ1) is 14.3. The van der Waals surface area contributed by atoms with E-state index in [0.29, 0.717) is 0 Å². The Kier molecular flexibility index (Phi) is 4.91. The highest BCUT2D eigenvalue weighted by molar-refractivity contribution is 5.92. The minimum absolute atomic E-state index is 0.758. The summed E-state index contributed by atoms with van der Waals surface area (Å²) in [5.41, 5.74) is 3.24. The zero-order chi connectivity index (χ0) is 14.4. The van der Waals surface area contributed by atoms with E-state index in [2.05, 4.69) is 46.6 Å². The van der Waals surface area contributed by atoms with Crippen molar-refractivity contribution in [1.82, 2.24) is 10.3 Å². The maximum absolute atomic E-state index is 4.69. The van der Waals surface area contributed by atoms with Crippen LogP contribution in [0.5, 0.6) is 0 Å². The Morgan fingerprint density at radius 1 is 1.20 bits per heavy atom. The molecule has 1 aromatic heterocycles. The number of hydrogen-bond acceptors (Lipinski definition) is 3. The minimum Gasteiger partial charge on any atom is -0.364 e. The van der Waals surface area contributed by atoms with E-state index in [1.165, 1.54) is 5.69 Å². The Bertz CT molecular complexity index is 594. The monoisotopic (exact) mass is 267 g/mol. The van der Waals surface area contributed by atoms with Crippen LogP contribution in [-0.4, -0.2) is 25.1 Å². The Balaban J connectivity index is 2.57. The highest BCUT2D eigenvalue weighted by Crippen LogP contribution is 2.26. The number of benzene rings is 1. The van der Waals surface area contributed by atoms with Crippen molar-refractivity contribution in [2.45, 2.75) is 6.54 Å². The first-order valence-corrected chi connectivity index (χ1v) is 6.80. The standard InChI is InChI=1S/C17H21N3/c1-4-10-20(11-5-2)17-12-14(13-18-3)19-16-9-7-6-8-15(16)17/h4-9,12,18H,1-2,10-11,13H2,3H3. The van der Waals surface area contributed by atoms with E-state index in [1.54, 1.807) is 0 Å². The van der Waals surface area contributed by atoms with Crippen molar-refractivity contribution < 1.29 is 0 Å². The van der Waals surface area contributed by atoms with Crippen LogP contribution in [0.15, 0.2) is 55.6 Å². The number of pyridine rings is 1. The summed E-state index contributed by atoms with van der Waals surface area (Å²) in [6.45, 7) is 10.0. The van der Waals surface area contributed by atoms with Crippen molar-refractivity contribution >= 4 is 16.6 Å². The first-order valence-electron chi connectivity index (χ1n) is 6.80. The summed E-state index contributed by atoms with van der Waals surface area (Å²) < 4.78 is 0. The topological polar surface area (TPSA) is 28.2 Å². The summed E-state index contributed by atoms with van der Waals surface area (Å²) in [6, 6.07) is 10.4. The summed E-state index contributed by atoms with van der Waals surface area (Å²) in [6.07, 6.45) is 3.83. The summed E-state index contributed by atoms with van der Waals surface area (Å²) in [5, 5.41) is 4.32. The SMILES string of the molecule is C=CCN(CC=C)c1cc(CNC)nc2ccccc12. The second-order valence-corrected chi connectivity index (χ2v) is 4.66. The van der Waals surface area contributed by atoms with Gasteiger partial charge in [0.25, 0.3) is 0 Å². The van der Waals surface area contributed by atoms with E-state index in [9.17, 15) is 0 Å². The van der Waals surface area contributed by atoms with E-state index in [4.69, 9.17) is 0 Å². The van der Waals surface area contributed by atoms with Crippen LogP contribution < -0.4 is 10.2 Å². The smallest absolute Gasteiger partial charge is 0.0726 e. The molecule has 0 spiro atoms. The van der Waals surface area contributed by atoms with Crippen molar-refractivity contribution in [1.29, 1.82) is 0 Å². The van der Waals surface area contributed by atoms with E-state index in [0.717, 1.165) is 36.2 Å². The van der Waals surface area contributed by atoms with Crippen molar-refractivity contribution in [2.24, 2.45) is 0 Å². The van der Waals surface area contributed by atoms with Crippen molar-refractivity contribution in [3.05, 3.63) is 61.3 Å². The predicted octanol–water partition coefficient (Wildman–Crippen LogP) is 3.13. The molecular weight excluding hydrogens is 246 g/mol. The van der Waals surface area contributed by atoms with Gasteiger partial charge >= 0.3 is 0 Å². The summed E-state index contributed by atoms with van der Waals surface area (Å²) in [5.74, 6) is 0. The molecule has 0 saturated heterocycles. The van der Waals surface area contributed by atoms with E-state index in [1.807, 2.05) is 31.3 Å². The van der Waals surface area contributed by atoms with Crippen LogP contribution >= 0.6 is 0 Å². The third-order valence-corrected chi connectivity index (χ3v) is 3.14. The van der Waals surface area contributed by atoms with Gasteiger partial charge in [-0.1, -0.05) is 30.4 Å². The predicted molar refractivity (Wildman–Crippen MR) is 87.1 cm³/mol. The van der Waals surface area contributed by atoms with Crippen LogP contribution in [0.25, 0.3) is 10.9 Å². The maximum atomic E-state index is 4.69. The molecule has 0 unspecified atom stereocenters. The van der Waals surface area contributed by atoms with E-state index >= 15 is 0 Å². The molecule has 1 N–H and O–H groups in total. The fraction of sp³-hybridized carbons (Fsp3) is 0.235. The van der Waals surface area contributed by atoms with Gasteiger partial charge in [-0.2, -0.15) is 0 Å². The lowest BCUT2D eigenvalue weighted by molar-refractivity contribution is 0.794. The lowest BCUT2D eigenvalue weighted by Crippen LogP contribution is -2.24. The number of anilines is 1. The molecule has 2 aromatic rings. The third-order valence-electron chi connectivity index (χ3n) is 3.14.